The van der Waals surface area contributed by atoms with Crippen molar-refractivity contribution in [1.82, 2.24) is 35.2 Å². The number of aliphatic hydroxyl groups excluding tert-OH is 2. The first-order valence-corrected chi connectivity index (χ1v) is 48.6. The van der Waals surface area contributed by atoms with E-state index in [1.165, 1.54) is 76.5 Å². The zero-order valence-electron chi connectivity index (χ0n) is 88.7. The van der Waals surface area contributed by atoms with Crippen LogP contribution in [-0.2, 0) is 50.7 Å². The van der Waals surface area contributed by atoms with Gasteiger partial charge in [0.2, 0.25) is 0 Å². The van der Waals surface area contributed by atoms with Crippen LogP contribution in [0.15, 0.2) is 176 Å². The molecule has 0 bridgehead atoms. The quantitative estimate of drug-likeness (QED) is 0.0113. The van der Waals surface area contributed by atoms with Crippen LogP contribution in [0.1, 0.15) is 367 Å². The summed E-state index contributed by atoms with van der Waals surface area (Å²) < 4.78 is 40.9. The number of rotatable bonds is 26. The molecule has 1 unspecified atom stereocenters. The van der Waals surface area contributed by atoms with Crippen molar-refractivity contribution >= 4 is 106 Å². The number of carbonyl (C=O) groups excluding carboxylic acids is 13. The van der Waals surface area contributed by atoms with Gasteiger partial charge in [-0.3, -0.25) is 24.0 Å². The third kappa shape index (κ3) is 51.8. The number of hydrogen-bond acceptors (Lipinski definition) is 31. The van der Waals surface area contributed by atoms with E-state index in [2.05, 4.69) is 35.2 Å². The summed E-state index contributed by atoms with van der Waals surface area (Å²) in [4.78, 5) is 177. The average molecular weight is 2060 g/mol. The second-order valence-corrected chi connectivity index (χ2v) is 37.7. The number of benzene rings is 4. The number of pyridine rings is 6. The largest absolute Gasteiger partial charge is 0.461 e. The monoisotopic (exact) mass is 2060 g/mol. The lowest BCUT2D eigenvalue weighted by Gasteiger charge is -2.19. The van der Waals surface area contributed by atoms with E-state index < -0.39 is 58.4 Å². The van der Waals surface area contributed by atoms with Crippen molar-refractivity contribution in [1.29, 1.82) is 5.26 Å². The van der Waals surface area contributed by atoms with E-state index in [1.54, 1.807) is 204 Å². The van der Waals surface area contributed by atoms with E-state index in [9.17, 15) is 67.4 Å². The number of ketones is 4. The summed E-state index contributed by atoms with van der Waals surface area (Å²) in [7, 11) is 0. The van der Waals surface area contributed by atoms with E-state index >= 15 is 0 Å². The Bertz CT molecular complexity index is 6090. The van der Waals surface area contributed by atoms with Crippen molar-refractivity contribution < 1.29 is 110 Å². The first-order chi connectivity index (χ1) is 68.9. The number of aryl methyl sites for hydroxylation is 8. The van der Waals surface area contributed by atoms with Gasteiger partial charge in [-0.25, -0.2) is 68.3 Å². The molecule has 4 aromatic carbocycles. The second-order valence-electron chi connectivity index (χ2n) is 36.9. The maximum atomic E-state index is 12.6. The molecule has 0 spiro atoms. The SMILES string of the molecule is C1CCNCC1.CC(=O)c1cc(C)nc(Cl)c1.CC(C)(C)OC(=O)c1ccc(C=O)cc1.CCO.CCOC(=O)c1cc(C(=O)/C=C/c2ccc(C(=O)OC(C)(C)C)cc2)cc(C)n1.CCOC(=O)c1cc(C(=O)CCc2ccc(C(=O)OC(C)(C)C)cc2)cc(C)n1.CCOC(=O)c1cc(C(C)=O)cc(C)n1.CCOC(=O)c1cc(C(O)CCc2ccc(C(=O)OC(C)(C)C)cc2)cc(C)n1.Cc1cc(C#N)cc(Cl)n1. The van der Waals surface area contributed by atoms with Gasteiger partial charge in [0.15, 0.2) is 23.1 Å². The van der Waals surface area contributed by atoms with Gasteiger partial charge < -0.3 is 53.4 Å². The van der Waals surface area contributed by atoms with Gasteiger partial charge in [0, 0.05) is 75.0 Å². The minimum atomic E-state index is -0.740. The predicted molar refractivity (Wildman–Crippen MR) is 563 cm³/mol. The molecule has 3 N–H and O–H groups in total. The molecule has 0 amide bonds. The van der Waals surface area contributed by atoms with Crippen LogP contribution < -0.4 is 5.32 Å². The Labute approximate surface area is 872 Å². The van der Waals surface area contributed by atoms with E-state index in [0.29, 0.717) is 120 Å². The number of aliphatic hydroxyl groups is 2. The smallest absolute Gasteiger partial charge is 0.356 e. The van der Waals surface area contributed by atoms with Gasteiger partial charge >= 0.3 is 47.8 Å². The summed E-state index contributed by atoms with van der Waals surface area (Å²) in [6.45, 7) is 47.6. The summed E-state index contributed by atoms with van der Waals surface area (Å²) in [5, 5.41) is 30.6. The molecule has 786 valence electrons. The number of aldehydes is 1. The number of halogens is 2. The molecule has 7 heterocycles. The topological polar surface area (TPSA) is 449 Å². The molecular weight excluding hydrogens is 1920 g/mol. The van der Waals surface area contributed by atoms with E-state index in [1.807, 2.05) is 113 Å². The van der Waals surface area contributed by atoms with Crippen molar-refractivity contribution in [2.45, 2.75) is 247 Å². The number of nitrogens with zero attached hydrogens (tertiary/aromatic N) is 7. The summed E-state index contributed by atoms with van der Waals surface area (Å²) in [5.74, 6) is -4.04. The average Bonchev–Trinajstić information content (AvgIpc) is 0.843. The highest BCUT2D eigenvalue weighted by Crippen LogP contribution is 2.25. The zero-order chi connectivity index (χ0) is 111. The van der Waals surface area contributed by atoms with Crippen LogP contribution in [-0.4, -0.2) is 186 Å². The summed E-state index contributed by atoms with van der Waals surface area (Å²) in [6, 6.07) is 48.4. The highest BCUT2D eigenvalue weighted by molar-refractivity contribution is 6.30. The number of nitriles is 1. The molecule has 10 aromatic rings. The van der Waals surface area contributed by atoms with Crippen LogP contribution in [0.25, 0.3) is 6.08 Å². The Balaban J connectivity index is 0.000000447. The Morgan fingerprint density at radius 1 is 0.395 bits per heavy atom. The fraction of sp³-hybridized carbons (Fsp3) is 0.386. The molecular formula is C114H138Cl2N8O23. The zero-order valence-corrected chi connectivity index (χ0v) is 90.2. The molecule has 147 heavy (non-hydrogen) atoms. The summed E-state index contributed by atoms with van der Waals surface area (Å²) in [5.41, 5.74) is 10.6. The van der Waals surface area contributed by atoms with E-state index in [0.717, 1.165) is 34.4 Å². The Morgan fingerprint density at radius 3 is 1.04 bits per heavy atom. The highest BCUT2D eigenvalue weighted by atomic mass is 35.5. The maximum absolute atomic E-state index is 12.6. The molecule has 31 nitrogen and oxygen atoms in total. The van der Waals surface area contributed by atoms with Crippen molar-refractivity contribution in [3.05, 3.63) is 321 Å². The lowest BCUT2D eigenvalue weighted by molar-refractivity contribution is 0.00570. The number of Topliss-reactive ketones (excluding diaryl/α,β-unsaturated/α-hetero) is 3. The lowest BCUT2D eigenvalue weighted by atomic mass is 10.00. The van der Waals surface area contributed by atoms with Gasteiger partial charge in [0.05, 0.1) is 66.4 Å². The molecule has 1 fully saturated rings. The first-order valence-electron chi connectivity index (χ1n) is 47.8. The van der Waals surface area contributed by atoms with Crippen LogP contribution in [0, 0.1) is 52.9 Å². The number of nitrogens with one attached hydrogen (secondary N) is 1. The van der Waals surface area contributed by atoms with Crippen LogP contribution >= 0.6 is 23.2 Å². The molecule has 1 atom stereocenters. The molecule has 0 aliphatic carbocycles. The minimum absolute atomic E-state index is 0.0115. The third-order valence-corrected chi connectivity index (χ3v) is 19.3. The number of ether oxygens (including phenoxy) is 8. The molecule has 1 saturated heterocycles. The fourth-order valence-electron chi connectivity index (χ4n) is 12.5. The number of aromatic nitrogens is 6. The molecule has 11 rings (SSSR count). The molecule has 0 radical (unpaired) electrons. The van der Waals surface area contributed by atoms with Crippen molar-refractivity contribution in [2.24, 2.45) is 0 Å². The lowest BCUT2D eigenvalue weighted by Crippen LogP contribution is -2.23. The number of allylic oxidation sites excluding steroid dienone is 1. The summed E-state index contributed by atoms with van der Waals surface area (Å²) >= 11 is 11.2. The molecule has 33 heteroatoms. The van der Waals surface area contributed by atoms with Crippen molar-refractivity contribution in [3.63, 3.8) is 0 Å². The molecule has 6 aromatic heterocycles. The highest BCUT2D eigenvalue weighted by Gasteiger charge is 2.25. The normalized spacial score (nSPS) is 11.4. The second kappa shape index (κ2) is 63.8. The van der Waals surface area contributed by atoms with Gasteiger partial charge in [-0.2, -0.15) is 5.26 Å². The van der Waals surface area contributed by atoms with Gasteiger partial charge in [-0.15, -0.1) is 0 Å². The van der Waals surface area contributed by atoms with Gasteiger partial charge in [0.25, 0.3) is 0 Å². The summed E-state index contributed by atoms with van der Waals surface area (Å²) in [6.07, 6.45) is 9.14. The van der Waals surface area contributed by atoms with Crippen LogP contribution in [0.2, 0.25) is 10.3 Å². The number of carbonyl (C=O) groups is 13. The predicted octanol–water partition coefficient (Wildman–Crippen LogP) is 22.1. The van der Waals surface area contributed by atoms with E-state index in [4.69, 9.17) is 71.5 Å². The number of hydrogen-bond donors (Lipinski definition) is 3. The van der Waals surface area contributed by atoms with Gasteiger partial charge in [-0.05, 0) is 368 Å². The standard InChI is InChI=1S/C23H29NO5.C23H27NO5.C23H25NO5.C12H14O3.C11H13NO3.C8H8ClNO.C7H5ClN2.C5H11N.C2H6O/c3*1-6-28-22(27)19-14-18(13-15(2)24-19)20(25)12-9-16-7-10-17(11-8-16)21(26)29-23(3,4)5;1-12(2,3)15-11(14)10-6-4-9(8-13)5-7-10;1-4-15-11(14)10-6-9(8(3)13)5-7(2)12-10;1-5-3-7(6(2)11)4-8(9)10-5;1-5-2-6(4-9)3-7(8)10-5;1-2-4-6-5-3-1;1-2-3/h7-8,10-11,13-14,20,25H,6,9,12H2,1-5H3;7-8,10-11,13-14H,6,9,12H2,1-5H3;7-14H,6H2,1-5H3;4-8H,1-3H3;5-6H,4H2,1-3H3;3-4H,1-2H3;2-3H,1H3;6H,1-5H2;3H,2H2,1H3/b;;12-9+;;;;;;. The molecule has 1 aliphatic rings. The van der Waals surface area contributed by atoms with Gasteiger partial charge in [-0.1, -0.05) is 84.2 Å². The molecule has 1 aliphatic heterocycles. The Hall–Kier alpha value is -14.4. The Kier molecular flexibility index (Phi) is 55.0. The number of esters is 8. The Morgan fingerprint density at radius 2 is 0.707 bits per heavy atom. The number of piperidine rings is 1. The van der Waals surface area contributed by atoms with Crippen LogP contribution in [0.3, 0.4) is 0 Å². The van der Waals surface area contributed by atoms with Gasteiger partial charge in [0.1, 0.15) is 61.8 Å². The van der Waals surface area contributed by atoms with Crippen molar-refractivity contribution in [2.75, 3.05) is 46.1 Å². The first kappa shape index (κ1) is 127. The van der Waals surface area contributed by atoms with E-state index in [-0.39, 0.29) is 96.7 Å². The van der Waals surface area contributed by atoms with Crippen LogP contribution in [0.5, 0.6) is 0 Å². The molecule has 0 saturated carbocycles. The third-order valence-electron chi connectivity index (χ3n) is 18.9. The fourth-order valence-corrected chi connectivity index (χ4v) is 13.0. The van der Waals surface area contributed by atoms with Crippen LogP contribution in [0.4, 0.5) is 0 Å². The van der Waals surface area contributed by atoms with Crippen molar-refractivity contribution in [3.8, 4) is 6.07 Å². The maximum Gasteiger partial charge on any atom is 0.356 e. The minimum Gasteiger partial charge on any atom is -0.461 e.